The van der Waals surface area contributed by atoms with Crippen molar-refractivity contribution in [3.05, 3.63) is 64.2 Å². The number of hydrogen-bond acceptors (Lipinski definition) is 3. The van der Waals surface area contributed by atoms with E-state index in [9.17, 15) is 18.4 Å². The molecule has 2 aromatic rings. The lowest BCUT2D eigenvalue weighted by Gasteiger charge is -2.09. The second-order valence-corrected chi connectivity index (χ2v) is 6.17. The molecule has 0 bridgehead atoms. The van der Waals surface area contributed by atoms with Gasteiger partial charge in [0.05, 0.1) is 18.4 Å². The monoisotopic (exact) mass is 365 g/mol. The van der Waals surface area contributed by atoms with Gasteiger partial charge in [0.15, 0.2) is 0 Å². The summed E-state index contributed by atoms with van der Waals surface area (Å²) < 4.78 is 32.0. The highest BCUT2D eigenvalue weighted by molar-refractivity contribution is 6.31. The average Bonchev–Trinajstić information content (AvgIpc) is 3.37. The summed E-state index contributed by atoms with van der Waals surface area (Å²) in [5.74, 6) is -3.78. The number of hydrogen-bond donors (Lipinski definition) is 1. The molecule has 1 fully saturated rings. The van der Waals surface area contributed by atoms with Crippen molar-refractivity contribution < 1.29 is 23.1 Å². The van der Waals surface area contributed by atoms with Crippen molar-refractivity contribution in [2.75, 3.05) is 12.4 Å². The van der Waals surface area contributed by atoms with Crippen molar-refractivity contribution in [3.8, 4) is 0 Å². The maximum atomic E-state index is 13.9. The normalized spacial score (nSPS) is 18.6. The Morgan fingerprint density at radius 3 is 2.60 bits per heavy atom. The molecule has 0 spiro atoms. The largest absolute Gasteiger partial charge is 0.465 e. The number of amides is 1. The smallest absolute Gasteiger partial charge is 0.340 e. The first-order valence-electron chi connectivity index (χ1n) is 7.55. The molecule has 7 heteroatoms. The molecule has 1 aliphatic rings. The summed E-state index contributed by atoms with van der Waals surface area (Å²) in [6.07, 6.45) is 0.586. The van der Waals surface area contributed by atoms with Crippen LogP contribution in [0.5, 0.6) is 0 Å². The van der Waals surface area contributed by atoms with Gasteiger partial charge in [0.2, 0.25) is 5.91 Å². The van der Waals surface area contributed by atoms with Gasteiger partial charge in [-0.3, -0.25) is 4.79 Å². The number of carbonyl (C=O) groups excluding carboxylic acids is 2. The van der Waals surface area contributed by atoms with Gasteiger partial charge in [0.1, 0.15) is 11.6 Å². The number of methoxy groups -OCH3 is 1. The van der Waals surface area contributed by atoms with Crippen LogP contribution in [0.4, 0.5) is 14.5 Å². The van der Waals surface area contributed by atoms with E-state index in [4.69, 9.17) is 11.6 Å². The summed E-state index contributed by atoms with van der Waals surface area (Å²) in [4.78, 5) is 23.8. The fraction of sp³-hybridized carbons (Fsp3) is 0.222. The zero-order valence-electron chi connectivity index (χ0n) is 13.2. The Hall–Kier alpha value is -2.47. The van der Waals surface area contributed by atoms with E-state index in [0.717, 1.165) is 18.7 Å². The van der Waals surface area contributed by atoms with Gasteiger partial charge in [0.25, 0.3) is 0 Å². The molecule has 1 aliphatic carbocycles. The second-order valence-electron chi connectivity index (χ2n) is 5.76. The molecule has 0 aliphatic heterocycles. The van der Waals surface area contributed by atoms with Gasteiger partial charge in [-0.25, -0.2) is 13.6 Å². The lowest BCUT2D eigenvalue weighted by molar-refractivity contribution is -0.117. The van der Waals surface area contributed by atoms with Gasteiger partial charge >= 0.3 is 5.97 Å². The molecule has 0 radical (unpaired) electrons. The predicted molar refractivity (Wildman–Crippen MR) is 88.6 cm³/mol. The number of esters is 1. The first-order chi connectivity index (χ1) is 11.9. The highest BCUT2D eigenvalue weighted by Crippen LogP contribution is 2.50. The highest BCUT2D eigenvalue weighted by atomic mass is 35.5. The maximum Gasteiger partial charge on any atom is 0.340 e. The van der Waals surface area contributed by atoms with Crippen LogP contribution in [-0.4, -0.2) is 19.0 Å². The van der Waals surface area contributed by atoms with E-state index in [1.165, 1.54) is 0 Å². The fourth-order valence-corrected chi connectivity index (χ4v) is 3.02. The maximum absolute atomic E-state index is 13.9. The van der Waals surface area contributed by atoms with Crippen molar-refractivity contribution in [2.45, 2.75) is 12.3 Å². The summed E-state index contributed by atoms with van der Waals surface area (Å²) in [7, 11) is 1.09. The van der Waals surface area contributed by atoms with Crippen LogP contribution < -0.4 is 5.32 Å². The lowest BCUT2D eigenvalue weighted by atomic mass is 10.1. The third kappa shape index (κ3) is 3.49. The van der Waals surface area contributed by atoms with Crippen molar-refractivity contribution in [1.29, 1.82) is 0 Å². The molecule has 1 saturated carbocycles. The van der Waals surface area contributed by atoms with Crippen LogP contribution in [0.3, 0.4) is 0 Å². The Morgan fingerprint density at radius 1 is 1.20 bits per heavy atom. The SMILES string of the molecule is COC(=O)c1cc(NC(=O)C2CC2c2ccccc2Cl)c(F)cc1F. The van der Waals surface area contributed by atoms with Crippen molar-refractivity contribution >= 4 is 29.2 Å². The van der Waals surface area contributed by atoms with Gasteiger partial charge in [0, 0.05) is 17.0 Å². The Morgan fingerprint density at radius 2 is 1.92 bits per heavy atom. The number of nitrogens with one attached hydrogen (secondary N) is 1. The molecule has 0 saturated heterocycles. The van der Waals surface area contributed by atoms with Crippen LogP contribution in [0.2, 0.25) is 5.02 Å². The number of benzene rings is 2. The third-order valence-electron chi connectivity index (χ3n) is 4.15. The van der Waals surface area contributed by atoms with Crippen LogP contribution in [0.15, 0.2) is 36.4 Å². The molecule has 4 nitrogen and oxygen atoms in total. The number of ether oxygens (including phenoxy) is 1. The van der Waals surface area contributed by atoms with E-state index in [1.807, 2.05) is 12.1 Å². The number of anilines is 1. The quantitative estimate of drug-likeness (QED) is 0.828. The number of carbonyl (C=O) groups is 2. The van der Waals surface area contributed by atoms with Crippen LogP contribution in [-0.2, 0) is 9.53 Å². The molecule has 0 heterocycles. The van der Waals surface area contributed by atoms with E-state index in [-0.39, 0.29) is 17.5 Å². The first kappa shape index (κ1) is 17.4. The molecule has 2 aromatic carbocycles. The van der Waals surface area contributed by atoms with Crippen molar-refractivity contribution in [2.24, 2.45) is 5.92 Å². The topological polar surface area (TPSA) is 55.4 Å². The van der Waals surface area contributed by atoms with E-state index in [0.29, 0.717) is 17.5 Å². The highest BCUT2D eigenvalue weighted by Gasteiger charge is 2.45. The van der Waals surface area contributed by atoms with E-state index in [2.05, 4.69) is 10.1 Å². The van der Waals surface area contributed by atoms with Crippen LogP contribution in [0, 0.1) is 17.6 Å². The van der Waals surface area contributed by atoms with Gasteiger partial charge in [-0.05, 0) is 30.0 Å². The summed E-state index contributed by atoms with van der Waals surface area (Å²) in [5.41, 5.74) is 0.147. The second kappa shape index (κ2) is 6.80. The molecular formula is C18H14ClF2NO3. The minimum absolute atomic E-state index is 0.0442. The Balaban J connectivity index is 1.76. The first-order valence-corrected chi connectivity index (χ1v) is 7.92. The van der Waals surface area contributed by atoms with Crippen molar-refractivity contribution in [3.63, 3.8) is 0 Å². The van der Waals surface area contributed by atoms with Gasteiger partial charge in [-0.2, -0.15) is 0 Å². The molecule has 2 atom stereocenters. The average molecular weight is 366 g/mol. The third-order valence-corrected chi connectivity index (χ3v) is 4.50. The van der Waals surface area contributed by atoms with Crippen LogP contribution >= 0.6 is 11.6 Å². The zero-order valence-corrected chi connectivity index (χ0v) is 13.9. The molecule has 1 N–H and O–H groups in total. The zero-order chi connectivity index (χ0) is 18.1. The predicted octanol–water partition coefficient (Wildman–Crippen LogP) is 4.15. The summed E-state index contributed by atoms with van der Waals surface area (Å²) >= 11 is 6.12. The molecule has 3 rings (SSSR count). The number of rotatable bonds is 4. The molecule has 25 heavy (non-hydrogen) atoms. The van der Waals surface area contributed by atoms with Gasteiger partial charge in [-0.15, -0.1) is 0 Å². The number of halogens is 3. The van der Waals surface area contributed by atoms with E-state index >= 15 is 0 Å². The fourth-order valence-electron chi connectivity index (χ4n) is 2.74. The summed E-state index contributed by atoms with van der Waals surface area (Å²) in [5, 5.41) is 2.98. The molecule has 1 amide bonds. The minimum atomic E-state index is -1.05. The van der Waals surface area contributed by atoms with Crippen molar-refractivity contribution in [1.82, 2.24) is 0 Å². The molecular weight excluding hydrogens is 352 g/mol. The van der Waals surface area contributed by atoms with Crippen LogP contribution in [0.1, 0.15) is 28.3 Å². The van der Waals surface area contributed by atoms with E-state index in [1.54, 1.807) is 12.1 Å². The van der Waals surface area contributed by atoms with Gasteiger partial charge in [-0.1, -0.05) is 29.8 Å². The van der Waals surface area contributed by atoms with Gasteiger partial charge < -0.3 is 10.1 Å². The lowest BCUT2D eigenvalue weighted by Crippen LogP contribution is -2.17. The Kier molecular flexibility index (Phi) is 4.72. The standard InChI is InChI=1S/C18H14ClF2NO3/c1-25-18(24)12-7-16(15(21)8-14(12)20)22-17(23)11-6-10(11)9-4-2-3-5-13(9)19/h2-5,7-8,10-11H,6H2,1H3,(H,22,23). The molecule has 2 unspecified atom stereocenters. The minimum Gasteiger partial charge on any atom is -0.465 e. The molecule has 130 valence electrons. The summed E-state index contributed by atoms with van der Waals surface area (Å²) in [6, 6.07) is 8.68. The summed E-state index contributed by atoms with van der Waals surface area (Å²) in [6.45, 7) is 0. The Bertz CT molecular complexity index is 856. The van der Waals surface area contributed by atoms with E-state index < -0.39 is 29.1 Å². The Labute approximate surface area is 147 Å². The van der Waals surface area contributed by atoms with Crippen LogP contribution in [0.25, 0.3) is 0 Å². The molecule has 0 aromatic heterocycles.